The number of halogens is 4. The van der Waals surface area contributed by atoms with Crippen molar-refractivity contribution in [3.8, 4) is 34.0 Å². The van der Waals surface area contributed by atoms with Crippen molar-refractivity contribution in [1.82, 2.24) is 15.0 Å². The molecule has 3 aromatic carbocycles. The van der Waals surface area contributed by atoms with Gasteiger partial charge < -0.3 is 14.4 Å². The van der Waals surface area contributed by atoms with Crippen LogP contribution in [0, 0.1) is 12.7 Å². The highest BCUT2D eigenvalue weighted by Crippen LogP contribution is 2.40. The first-order valence-electron chi connectivity index (χ1n) is 10.8. The van der Waals surface area contributed by atoms with Crippen LogP contribution in [0.3, 0.4) is 0 Å². The molecular weight excluding hydrogens is 478 g/mol. The number of aryl methyl sites for hydroxylation is 1. The van der Waals surface area contributed by atoms with Crippen LogP contribution < -0.4 is 5.11 Å². The van der Waals surface area contributed by atoms with Crippen LogP contribution in [-0.4, -0.2) is 34.6 Å². The molecule has 0 atom stereocenters. The zero-order valence-electron chi connectivity index (χ0n) is 19.3. The quantitative estimate of drug-likeness (QED) is 0.343. The van der Waals surface area contributed by atoms with Crippen molar-refractivity contribution in [3.05, 3.63) is 83.2 Å². The van der Waals surface area contributed by atoms with Gasteiger partial charge in [0.25, 0.3) is 5.89 Å². The van der Waals surface area contributed by atoms with Gasteiger partial charge in [-0.1, -0.05) is 35.5 Å². The van der Waals surface area contributed by atoms with E-state index in [1.165, 1.54) is 30.1 Å². The van der Waals surface area contributed by atoms with Gasteiger partial charge >= 0.3 is 6.18 Å². The standard InChI is InChI=1S/C26H21F4N3O3/c1-15-5-3-4-6-20(15)21-8-7-17(12-22(21)26(28,29)30)25-31-24(32-36-25)18-9-16(10-19(27)11-18)13-33(2)14-23(34)35/h3-12H,13-14H2,1-2H3,(H,34,35)/p-1. The largest absolute Gasteiger partial charge is 0.549 e. The molecule has 0 N–H and O–H groups in total. The molecule has 0 aliphatic rings. The number of rotatable bonds is 7. The van der Waals surface area contributed by atoms with E-state index in [1.807, 2.05) is 0 Å². The number of aliphatic carboxylic acids is 1. The SMILES string of the molecule is Cc1ccccc1-c1ccc(-c2nc(-c3cc(F)cc(CN(C)CC(=O)[O-])c3)no2)cc1C(F)(F)F. The molecule has 0 amide bonds. The fourth-order valence-electron chi connectivity index (χ4n) is 3.94. The Morgan fingerprint density at radius 2 is 1.78 bits per heavy atom. The minimum Gasteiger partial charge on any atom is -0.549 e. The van der Waals surface area contributed by atoms with Crippen molar-refractivity contribution < 1.29 is 32.0 Å². The molecule has 4 aromatic rings. The summed E-state index contributed by atoms with van der Waals surface area (Å²) in [7, 11) is 1.53. The Hall–Kier alpha value is -4.05. The fraction of sp³-hybridized carbons (Fsp3) is 0.192. The molecule has 1 aromatic heterocycles. The molecule has 0 saturated heterocycles. The molecule has 0 radical (unpaired) electrons. The van der Waals surface area contributed by atoms with Crippen molar-refractivity contribution in [2.75, 3.05) is 13.6 Å². The predicted octanol–water partition coefficient (Wildman–Crippen LogP) is 4.72. The first-order chi connectivity index (χ1) is 17.0. The van der Waals surface area contributed by atoms with Gasteiger partial charge in [0.1, 0.15) is 5.82 Å². The summed E-state index contributed by atoms with van der Waals surface area (Å²) in [6, 6.07) is 14.5. The van der Waals surface area contributed by atoms with E-state index < -0.39 is 23.5 Å². The van der Waals surface area contributed by atoms with Crippen LogP contribution in [0.15, 0.2) is 65.2 Å². The van der Waals surface area contributed by atoms with Gasteiger partial charge in [0.15, 0.2) is 0 Å². The summed E-state index contributed by atoms with van der Waals surface area (Å²) in [4.78, 5) is 16.4. The van der Waals surface area contributed by atoms with Crippen LogP contribution in [0.5, 0.6) is 0 Å². The van der Waals surface area contributed by atoms with Crippen molar-refractivity contribution in [1.29, 1.82) is 0 Å². The maximum atomic E-state index is 14.2. The number of benzene rings is 3. The Labute approximate surface area is 203 Å². The molecule has 0 aliphatic heterocycles. The smallest absolute Gasteiger partial charge is 0.417 e. The molecule has 186 valence electrons. The summed E-state index contributed by atoms with van der Waals surface area (Å²) in [6.07, 6.45) is -4.63. The van der Waals surface area contributed by atoms with E-state index in [0.717, 1.165) is 12.1 Å². The molecule has 1 heterocycles. The van der Waals surface area contributed by atoms with Gasteiger partial charge in [-0.05, 0) is 66.6 Å². The van der Waals surface area contributed by atoms with Crippen LogP contribution in [0.1, 0.15) is 16.7 Å². The second-order valence-corrected chi connectivity index (χ2v) is 8.39. The lowest BCUT2D eigenvalue weighted by Crippen LogP contribution is -2.35. The van der Waals surface area contributed by atoms with Gasteiger partial charge in [0, 0.05) is 24.2 Å². The summed E-state index contributed by atoms with van der Waals surface area (Å²) >= 11 is 0. The van der Waals surface area contributed by atoms with Crippen molar-refractivity contribution >= 4 is 5.97 Å². The van der Waals surface area contributed by atoms with E-state index in [1.54, 1.807) is 37.3 Å². The Morgan fingerprint density at radius 3 is 2.47 bits per heavy atom. The zero-order valence-corrected chi connectivity index (χ0v) is 19.3. The number of alkyl halides is 3. The van der Waals surface area contributed by atoms with E-state index >= 15 is 0 Å². The van der Waals surface area contributed by atoms with Gasteiger partial charge in [-0.25, -0.2) is 4.39 Å². The van der Waals surface area contributed by atoms with Gasteiger partial charge in [-0.2, -0.15) is 18.2 Å². The molecule has 36 heavy (non-hydrogen) atoms. The van der Waals surface area contributed by atoms with E-state index in [4.69, 9.17) is 4.52 Å². The third-order valence-electron chi connectivity index (χ3n) is 5.50. The number of likely N-dealkylation sites (N-methyl/N-ethyl adjacent to an activating group) is 1. The van der Waals surface area contributed by atoms with E-state index in [0.29, 0.717) is 16.7 Å². The lowest BCUT2D eigenvalue weighted by atomic mass is 9.94. The van der Waals surface area contributed by atoms with Crippen LogP contribution in [-0.2, 0) is 17.5 Å². The number of carboxylic acid groups (broad SMARTS) is 1. The molecule has 0 saturated carbocycles. The fourth-order valence-corrected chi connectivity index (χ4v) is 3.94. The lowest BCUT2D eigenvalue weighted by Gasteiger charge is -2.17. The molecular formula is C26H20F4N3O3-. The first-order valence-corrected chi connectivity index (χ1v) is 10.8. The van der Waals surface area contributed by atoms with Crippen LogP contribution in [0.2, 0.25) is 0 Å². The Morgan fingerprint density at radius 1 is 1.03 bits per heavy atom. The van der Waals surface area contributed by atoms with E-state index in [9.17, 15) is 27.5 Å². The highest BCUT2D eigenvalue weighted by molar-refractivity contribution is 5.74. The normalized spacial score (nSPS) is 11.8. The summed E-state index contributed by atoms with van der Waals surface area (Å²) in [6.45, 7) is 1.49. The maximum Gasteiger partial charge on any atom is 0.417 e. The minimum atomic E-state index is -4.63. The zero-order chi connectivity index (χ0) is 26.0. The van der Waals surface area contributed by atoms with Crippen LogP contribution in [0.4, 0.5) is 17.6 Å². The molecule has 0 fully saturated rings. The number of carbonyl (C=O) groups is 1. The van der Waals surface area contributed by atoms with Crippen LogP contribution in [0.25, 0.3) is 34.0 Å². The number of nitrogens with zero attached hydrogens (tertiary/aromatic N) is 3. The molecule has 10 heteroatoms. The molecule has 0 unspecified atom stereocenters. The van der Waals surface area contributed by atoms with Crippen molar-refractivity contribution in [3.63, 3.8) is 0 Å². The van der Waals surface area contributed by atoms with Crippen molar-refractivity contribution in [2.24, 2.45) is 0 Å². The molecule has 0 spiro atoms. The van der Waals surface area contributed by atoms with Gasteiger partial charge in [0.05, 0.1) is 11.5 Å². The minimum absolute atomic E-state index is 0.0233. The Bertz CT molecular complexity index is 1420. The number of carboxylic acids is 1. The molecule has 0 aliphatic carbocycles. The van der Waals surface area contributed by atoms with Crippen LogP contribution >= 0.6 is 0 Å². The monoisotopic (exact) mass is 498 g/mol. The Balaban J connectivity index is 1.69. The third kappa shape index (κ3) is 5.60. The lowest BCUT2D eigenvalue weighted by molar-refractivity contribution is -0.306. The number of hydrogen-bond acceptors (Lipinski definition) is 6. The second-order valence-electron chi connectivity index (χ2n) is 8.39. The van der Waals surface area contributed by atoms with E-state index in [2.05, 4.69) is 10.1 Å². The first kappa shape index (κ1) is 25.1. The summed E-state index contributed by atoms with van der Waals surface area (Å²) in [5, 5.41) is 14.6. The highest BCUT2D eigenvalue weighted by atomic mass is 19.4. The summed E-state index contributed by atoms with van der Waals surface area (Å²) < 4.78 is 61.3. The molecule has 0 bridgehead atoms. The van der Waals surface area contributed by atoms with Crippen molar-refractivity contribution in [2.45, 2.75) is 19.6 Å². The summed E-state index contributed by atoms with van der Waals surface area (Å²) in [5.74, 6) is -2.07. The number of aromatic nitrogens is 2. The predicted molar refractivity (Wildman–Crippen MR) is 122 cm³/mol. The number of hydrogen-bond donors (Lipinski definition) is 0. The average Bonchev–Trinajstić information content (AvgIpc) is 3.28. The van der Waals surface area contributed by atoms with Gasteiger partial charge in [0.2, 0.25) is 5.82 Å². The number of carbonyl (C=O) groups excluding carboxylic acids is 1. The van der Waals surface area contributed by atoms with Gasteiger partial charge in [-0.15, -0.1) is 0 Å². The highest BCUT2D eigenvalue weighted by Gasteiger charge is 2.34. The van der Waals surface area contributed by atoms with E-state index in [-0.39, 0.29) is 41.5 Å². The topological polar surface area (TPSA) is 82.3 Å². The second kappa shape index (κ2) is 9.90. The molecule has 4 rings (SSSR count). The average molecular weight is 498 g/mol. The van der Waals surface area contributed by atoms with Gasteiger partial charge in [-0.3, -0.25) is 4.90 Å². The Kier molecular flexibility index (Phi) is 6.89. The molecule has 6 nitrogen and oxygen atoms in total. The summed E-state index contributed by atoms with van der Waals surface area (Å²) in [5.41, 5.74) is 1.07. The maximum absolute atomic E-state index is 14.2. The third-order valence-corrected chi connectivity index (χ3v) is 5.50.